The highest BCUT2D eigenvalue weighted by Gasteiger charge is 2.15. The van der Waals surface area contributed by atoms with Crippen molar-refractivity contribution in [2.75, 3.05) is 11.1 Å². The molecule has 27 heavy (non-hydrogen) atoms. The van der Waals surface area contributed by atoms with Gasteiger partial charge in [-0.2, -0.15) is 0 Å². The lowest BCUT2D eigenvalue weighted by molar-refractivity contribution is -0.113. The molecule has 0 fully saturated rings. The molecule has 0 radical (unpaired) electrons. The fourth-order valence-corrected chi connectivity index (χ4v) is 4.04. The third-order valence-electron chi connectivity index (χ3n) is 3.92. The van der Waals surface area contributed by atoms with Gasteiger partial charge in [-0.1, -0.05) is 42.1 Å². The van der Waals surface area contributed by atoms with Gasteiger partial charge in [0, 0.05) is 17.1 Å². The summed E-state index contributed by atoms with van der Waals surface area (Å²) in [5.74, 6) is -0.215. The zero-order valence-electron chi connectivity index (χ0n) is 14.1. The second-order valence-corrected chi connectivity index (χ2v) is 7.57. The number of carbonyl (C=O) groups excluding carboxylic acids is 1. The summed E-state index contributed by atoms with van der Waals surface area (Å²) < 4.78 is 16.1. The topological polar surface area (TPSA) is 59.8 Å². The molecule has 0 aliphatic heterocycles. The van der Waals surface area contributed by atoms with Gasteiger partial charge in [-0.25, -0.2) is 14.4 Å². The molecule has 136 valence electrons. The normalized spacial score (nSPS) is 11.0. The van der Waals surface area contributed by atoms with E-state index in [-0.39, 0.29) is 17.5 Å². The molecule has 5 nitrogen and oxygen atoms in total. The number of carbonyl (C=O) groups is 1. The maximum Gasteiger partial charge on any atom is 0.236 e. The Hall–Kier alpha value is -2.71. The maximum atomic E-state index is 14.1. The van der Waals surface area contributed by atoms with Crippen LogP contribution in [0.1, 0.15) is 5.56 Å². The van der Waals surface area contributed by atoms with Crippen molar-refractivity contribution in [1.82, 2.24) is 14.5 Å². The van der Waals surface area contributed by atoms with Gasteiger partial charge in [0.05, 0.1) is 23.3 Å². The van der Waals surface area contributed by atoms with Crippen LogP contribution in [0.4, 0.5) is 9.52 Å². The molecule has 2 heterocycles. The van der Waals surface area contributed by atoms with Crippen LogP contribution < -0.4 is 5.32 Å². The number of anilines is 1. The first-order valence-corrected chi connectivity index (χ1v) is 10.1. The average Bonchev–Trinajstić information content (AvgIpc) is 3.30. The van der Waals surface area contributed by atoms with E-state index in [2.05, 4.69) is 15.3 Å². The number of para-hydroxylation sites is 2. The van der Waals surface area contributed by atoms with E-state index in [4.69, 9.17) is 0 Å². The van der Waals surface area contributed by atoms with E-state index in [1.54, 1.807) is 23.7 Å². The molecule has 0 saturated heterocycles. The molecule has 2 aromatic heterocycles. The minimum absolute atomic E-state index is 0.153. The standard InChI is InChI=1S/C19H15FN4OS2/c20-14-6-2-1-5-13(14)11-24-16-8-4-3-7-15(16)22-19(24)27-12-17(25)23-18-21-9-10-26-18/h1-10H,11-12H2,(H,21,23,25). The highest BCUT2D eigenvalue weighted by atomic mass is 32.2. The summed E-state index contributed by atoms with van der Waals surface area (Å²) in [7, 11) is 0. The van der Waals surface area contributed by atoms with Gasteiger partial charge in [-0.05, 0) is 18.2 Å². The molecule has 0 spiro atoms. The molecule has 0 bridgehead atoms. The third-order valence-corrected chi connectivity index (χ3v) is 5.58. The molecule has 0 aliphatic rings. The largest absolute Gasteiger partial charge is 0.314 e. The monoisotopic (exact) mass is 398 g/mol. The minimum atomic E-state index is -0.257. The maximum absolute atomic E-state index is 14.1. The first kappa shape index (κ1) is 17.7. The van der Waals surface area contributed by atoms with Crippen LogP contribution in [0.3, 0.4) is 0 Å². The summed E-state index contributed by atoms with van der Waals surface area (Å²) >= 11 is 2.69. The van der Waals surface area contributed by atoms with Crippen molar-refractivity contribution >= 4 is 45.2 Å². The molecular weight excluding hydrogens is 383 g/mol. The van der Waals surface area contributed by atoms with E-state index in [1.165, 1.54) is 29.2 Å². The molecule has 0 atom stereocenters. The lowest BCUT2D eigenvalue weighted by atomic mass is 10.2. The number of thioether (sulfide) groups is 1. The second kappa shape index (κ2) is 7.89. The van der Waals surface area contributed by atoms with E-state index in [1.807, 2.05) is 34.9 Å². The van der Waals surface area contributed by atoms with Gasteiger partial charge in [0.25, 0.3) is 0 Å². The van der Waals surface area contributed by atoms with E-state index in [0.717, 1.165) is 11.0 Å². The lowest BCUT2D eigenvalue weighted by Crippen LogP contribution is -2.14. The molecule has 4 aromatic rings. The van der Waals surface area contributed by atoms with Crippen LogP contribution in [0, 0.1) is 5.82 Å². The highest BCUT2D eigenvalue weighted by Crippen LogP contribution is 2.26. The van der Waals surface area contributed by atoms with Crippen molar-refractivity contribution in [1.29, 1.82) is 0 Å². The fourth-order valence-electron chi connectivity index (χ4n) is 2.68. The Labute approximate surface area is 163 Å². The molecule has 4 rings (SSSR count). The molecular formula is C19H15FN4OS2. The number of hydrogen-bond donors (Lipinski definition) is 1. The van der Waals surface area contributed by atoms with Crippen LogP contribution in [-0.4, -0.2) is 26.2 Å². The van der Waals surface area contributed by atoms with E-state index < -0.39 is 0 Å². The Morgan fingerprint density at radius 1 is 1.19 bits per heavy atom. The number of hydrogen-bond acceptors (Lipinski definition) is 5. The van der Waals surface area contributed by atoms with Crippen LogP contribution in [0.25, 0.3) is 11.0 Å². The van der Waals surface area contributed by atoms with Gasteiger partial charge in [0.2, 0.25) is 5.91 Å². The Balaban J connectivity index is 1.58. The zero-order chi connectivity index (χ0) is 18.6. The Bertz CT molecular complexity index is 1080. The molecule has 1 amide bonds. The van der Waals surface area contributed by atoms with Gasteiger partial charge in [-0.15, -0.1) is 11.3 Å². The highest BCUT2D eigenvalue weighted by molar-refractivity contribution is 7.99. The Kier molecular flexibility index (Phi) is 5.17. The molecule has 0 saturated carbocycles. The van der Waals surface area contributed by atoms with Crippen LogP contribution in [-0.2, 0) is 11.3 Å². The van der Waals surface area contributed by atoms with E-state index in [9.17, 15) is 9.18 Å². The Morgan fingerprint density at radius 3 is 2.81 bits per heavy atom. The average molecular weight is 398 g/mol. The first-order valence-electron chi connectivity index (χ1n) is 8.21. The summed E-state index contributed by atoms with van der Waals surface area (Å²) in [5, 5.41) is 5.80. The van der Waals surface area contributed by atoms with Gasteiger partial charge in [-0.3, -0.25) is 4.79 Å². The Morgan fingerprint density at radius 2 is 2.00 bits per heavy atom. The van der Waals surface area contributed by atoms with Gasteiger partial charge in [0.1, 0.15) is 5.82 Å². The number of imidazole rings is 1. The predicted molar refractivity (Wildman–Crippen MR) is 107 cm³/mol. The molecule has 0 unspecified atom stereocenters. The summed E-state index contributed by atoms with van der Waals surface area (Å²) in [5.41, 5.74) is 2.30. The van der Waals surface area contributed by atoms with Crippen molar-refractivity contribution in [3.8, 4) is 0 Å². The zero-order valence-corrected chi connectivity index (χ0v) is 15.8. The van der Waals surface area contributed by atoms with Crippen LogP contribution >= 0.6 is 23.1 Å². The molecule has 2 aromatic carbocycles. The summed E-state index contributed by atoms with van der Waals surface area (Å²) in [6.07, 6.45) is 1.64. The number of nitrogens with zero attached hydrogens (tertiary/aromatic N) is 3. The van der Waals surface area contributed by atoms with Gasteiger partial charge < -0.3 is 9.88 Å². The van der Waals surface area contributed by atoms with E-state index in [0.29, 0.717) is 22.4 Å². The third kappa shape index (κ3) is 4.01. The number of fused-ring (bicyclic) bond motifs is 1. The smallest absolute Gasteiger partial charge is 0.236 e. The predicted octanol–water partition coefficient (Wildman–Crippen LogP) is 4.41. The van der Waals surface area contributed by atoms with Gasteiger partial charge >= 0.3 is 0 Å². The summed E-state index contributed by atoms with van der Waals surface area (Å²) in [4.78, 5) is 20.8. The molecule has 1 N–H and O–H groups in total. The number of rotatable bonds is 6. The van der Waals surface area contributed by atoms with Crippen molar-refractivity contribution < 1.29 is 9.18 Å². The lowest BCUT2D eigenvalue weighted by Gasteiger charge is -2.10. The minimum Gasteiger partial charge on any atom is -0.314 e. The summed E-state index contributed by atoms with van der Waals surface area (Å²) in [6, 6.07) is 14.4. The SMILES string of the molecule is O=C(CSc1nc2ccccc2n1Cc1ccccc1F)Nc1nccs1. The fraction of sp³-hybridized carbons (Fsp3) is 0.105. The number of halogens is 1. The van der Waals surface area contributed by atoms with Crippen molar-refractivity contribution in [3.05, 3.63) is 71.5 Å². The van der Waals surface area contributed by atoms with Crippen molar-refractivity contribution in [2.24, 2.45) is 0 Å². The number of benzene rings is 2. The number of amides is 1. The van der Waals surface area contributed by atoms with Crippen LogP contribution in [0.2, 0.25) is 0 Å². The summed E-state index contributed by atoms with van der Waals surface area (Å²) in [6.45, 7) is 0.351. The van der Waals surface area contributed by atoms with Crippen molar-refractivity contribution in [2.45, 2.75) is 11.7 Å². The quantitative estimate of drug-likeness (QED) is 0.489. The van der Waals surface area contributed by atoms with Crippen LogP contribution in [0.5, 0.6) is 0 Å². The van der Waals surface area contributed by atoms with E-state index >= 15 is 0 Å². The number of nitrogens with one attached hydrogen (secondary N) is 1. The first-order chi connectivity index (χ1) is 13.2. The number of thiazole rings is 1. The second-order valence-electron chi connectivity index (χ2n) is 5.73. The number of aromatic nitrogens is 3. The molecule has 0 aliphatic carbocycles. The molecule has 8 heteroatoms. The van der Waals surface area contributed by atoms with Crippen LogP contribution in [0.15, 0.2) is 65.3 Å². The van der Waals surface area contributed by atoms with Gasteiger partial charge in [0.15, 0.2) is 10.3 Å². The van der Waals surface area contributed by atoms with Crippen molar-refractivity contribution in [3.63, 3.8) is 0 Å².